The highest BCUT2D eigenvalue weighted by molar-refractivity contribution is 8.26. The smallest absolute Gasteiger partial charge is 0.338 e. The summed E-state index contributed by atoms with van der Waals surface area (Å²) in [5.41, 5.74) is 2.89. The summed E-state index contributed by atoms with van der Waals surface area (Å²) in [4.78, 5) is 34.1. The van der Waals surface area contributed by atoms with Crippen molar-refractivity contribution in [2.45, 2.75) is 13.2 Å². The van der Waals surface area contributed by atoms with E-state index >= 15 is 0 Å². The molecular weight excluding hydrogens is 482 g/mol. The summed E-state index contributed by atoms with van der Waals surface area (Å²) in [5, 5.41) is 0. The highest BCUT2D eigenvalue weighted by Crippen LogP contribution is 2.34. The Morgan fingerprint density at radius 3 is 2.66 bits per heavy atom. The molecule has 7 nitrogen and oxygen atoms in total. The summed E-state index contributed by atoms with van der Waals surface area (Å²) >= 11 is 6.68. The van der Waals surface area contributed by atoms with Crippen LogP contribution in [0.1, 0.15) is 27.4 Å². The number of nitrogens with one attached hydrogen (secondary N) is 1. The summed E-state index contributed by atoms with van der Waals surface area (Å²) in [7, 11) is 0. The van der Waals surface area contributed by atoms with Crippen LogP contribution >= 0.6 is 24.0 Å². The van der Waals surface area contributed by atoms with Crippen LogP contribution in [-0.2, 0) is 22.7 Å². The molecule has 35 heavy (non-hydrogen) atoms. The van der Waals surface area contributed by atoms with Gasteiger partial charge in [0.2, 0.25) is 0 Å². The van der Waals surface area contributed by atoms with Gasteiger partial charge in [0.05, 0.1) is 29.0 Å². The molecule has 3 heterocycles. The van der Waals surface area contributed by atoms with Crippen molar-refractivity contribution < 1.29 is 18.7 Å². The van der Waals surface area contributed by atoms with E-state index in [0.717, 1.165) is 11.1 Å². The van der Waals surface area contributed by atoms with Gasteiger partial charge in [0.15, 0.2) is 0 Å². The molecule has 0 aliphatic carbocycles. The number of thiocarbonyl (C=S) groups is 1. The SMILES string of the molecule is O=C(OCc1c[nH]cn1)c1ccc(-c2ccc(/C=C3/SC(=S)N(Cc4ccccc4)C3=O)o2)cc1. The van der Waals surface area contributed by atoms with Crippen LogP contribution < -0.4 is 0 Å². The number of aromatic nitrogens is 2. The number of hydrogen-bond acceptors (Lipinski definition) is 7. The van der Waals surface area contributed by atoms with Crippen molar-refractivity contribution in [2.75, 3.05) is 0 Å². The van der Waals surface area contributed by atoms with Gasteiger partial charge in [-0.15, -0.1) is 0 Å². The Morgan fingerprint density at radius 1 is 1.11 bits per heavy atom. The molecule has 0 atom stereocenters. The van der Waals surface area contributed by atoms with E-state index < -0.39 is 5.97 Å². The number of ether oxygens (including phenoxy) is 1. The van der Waals surface area contributed by atoms with Gasteiger partial charge in [0.25, 0.3) is 5.91 Å². The molecule has 1 amide bonds. The second-order valence-electron chi connectivity index (χ2n) is 7.67. The molecule has 0 radical (unpaired) electrons. The van der Waals surface area contributed by atoms with Gasteiger partial charge < -0.3 is 14.1 Å². The number of nitrogens with zero attached hydrogens (tertiary/aromatic N) is 2. The summed E-state index contributed by atoms with van der Waals surface area (Å²) < 4.78 is 11.7. The fraction of sp³-hybridized carbons (Fsp3) is 0.0769. The van der Waals surface area contributed by atoms with E-state index in [1.807, 2.05) is 36.4 Å². The molecule has 1 N–H and O–H groups in total. The zero-order chi connectivity index (χ0) is 24.2. The first-order valence-corrected chi connectivity index (χ1v) is 11.9. The van der Waals surface area contributed by atoms with Crippen LogP contribution in [-0.4, -0.2) is 31.1 Å². The monoisotopic (exact) mass is 501 g/mol. The van der Waals surface area contributed by atoms with E-state index in [0.29, 0.717) is 38.5 Å². The third-order valence-corrected chi connectivity index (χ3v) is 6.65. The minimum absolute atomic E-state index is 0.100. The molecule has 1 saturated heterocycles. The fourth-order valence-corrected chi connectivity index (χ4v) is 4.72. The number of amides is 1. The Labute approximate surface area is 210 Å². The van der Waals surface area contributed by atoms with Crippen molar-refractivity contribution in [1.82, 2.24) is 14.9 Å². The second-order valence-corrected chi connectivity index (χ2v) is 9.35. The van der Waals surface area contributed by atoms with Gasteiger partial charge in [-0.05, 0) is 29.8 Å². The number of esters is 1. The maximum atomic E-state index is 12.9. The van der Waals surface area contributed by atoms with Gasteiger partial charge in [0.1, 0.15) is 22.4 Å². The van der Waals surface area contributed by atoms with Crippen molar-refractivity contribution in [2.24, 2.45) is 0 Å². The Morgan fingerprint density at radius 2 is 1.91 bits per heavy atom. The van der Waals surface area contributed by atoms with Gasteiger partial charge >= 0.3 is 5.97 Å². The third kappa shape index (κ3) is 5.26. The van der Waals surface area contributed by atoms with Crippen molar-refractivity contribution in [3.05, 3.63) is 107 Å². The van der Waals surface area contributed by atoms with Crippen LogP contribution in [0.5, 0.6) is 0 Å². The molecule has 2 aromatic carbocycles. The van der Waals surface area contributed by atoms with Gasteiger partial charge in [-0.3, -0.25) is 9.69 Å². The largest absolute Gasteiger partial charge is 0.457 e. The standard InChI is InChI=1S/C26H19N3O4S2/c30-24-23(35-26(34)29(24)14-17-4-2-1-3-5-17)12-21-10-11-22(33-21)18-6-8-19(9-7-18)25(31)32-15-20-13-27-16-28-20/h1-13,16H,14-15H2,(H,27,28)/b23-12+. The number of hydrogen-bond donors (Lipinski definition) is 1. The molecule has 0 spiro atoms. The summed E-state index contributed by atoms with van der Waals surface area (Å²) in [6.45, 7) is 0.534. The van der Waals surface area contributed by atoms with Crippen LogP contribution in [0.25, 0.3) is 17.4 Å². The summed E-state index contributed by atoms with van der Waals surface area (Å²) in [5.74, 6) is 0.590. The third-order valence-electron chi connectivity index (χ3n) is 5.27. The molecule has 1 fully saturated rings. The number of thioether (sulfide) groups is 1. The number of rotatable bonds is 7. The van der Waals surface area contributed by atoms with E-state index in [1.165, 1.54) is 18.1 Å². The van der Waals surface area contributed by atoms with Crippen LogP contribution in [0.2, 0.25) is 0 Å². The van der Waals surface area contributed by atoms with Crippen LogP contribution in [0.15, 0.2) is 88.6 Å². The lowest BCUT2D eigenvalue weighted by Gasteiger charge is -2.14. The van der Waals surface area contributed by atoms with Crippen molar-refractivity contribution in [1.29, 1.82) is 0 Å². The number of benzene rings is 2. The lowest BCUT2D eigenvalue weighted by Crippen LogP contribution is -2.27. The summed E-state index contributed by atoms with van der Waals surface area (Å²) in [6.07, 6.45) is 4.91. The lowest BCUT2D eigenvalue weighted by atomic mass is 10.1. The number of aromatic amines is 1. The van der Waals surface area contributed by atoms with Gasteiger partial charge in [0, 0.05) is 17.8 Å². The van der Waals surface area contributed by atoms with E-state index in [2.05, 4.69) is 9.97 Å². The molecule has 0 bridgehead atoms. The number of carbonyl (C=O) groups excluding carboxylic acids is 2. The minimum Gasteiger partial charge on any atom is -0.457 e. The first kappa shape index (κ1) is 22.8. The van der Waals surface area contributed by atoms with Crippen molar-refractivity contribution in [3.63, 3.8) is 0 Å². The topological polar surface area (TPSA) is 88.4 Å². The highest BCUT2D eigenvalue weighted by Gasteiger charge is 2.32. The Bertz CT molecular complexity index is 1390. The first-order valence-electron chi connectivity index (χ1n) is 10.7. The Balaban J connectivity index is 1.24. The molecule has 1 aliphatic rings. The van der Waals surface area contributed by atoms with Gasteiger partial charge in [-0.1, -0.05) is 66.4 Å². The van der Waals surface area contributed by atoms with Crippen molar-refractivity contribution in [3.8, 4) is 11.3 Å². The fourth-order valence-electron chi connectivity index (χ4n) is 3.48. The normalized spacial score (nSPS) is 14.6. The minimum atomic E-state index is -0.433. The average Bonchev–Trinajstić information content (AvgIpc) is 3.62. The van der Waals surface area contributed by atoms with E-state index in [-0.39, 0.29) is 12.5 Å². The van der Waals surface area contributed by atoms with E-state index in [4.69, 9.17) is 21.4 Å². The van der Waals surface area contributed by atoms with Crippen LogP contribution in [0, 0.1) is 0 Å². The molecule has 0 saturated carbocycles. The van der Waals surface area contributed by atoms with Gasteiger partial charge in [-0.2, -0.15) is 0 Å². The molecule has 4 aromatic rings. The first-order chi connectivity index (χ1) is 17.1. The van der Waals surface area contributed by atoms with Crippen LogP contribution in [0.3, 0.4) is 0 Å². The highest BCUT2D eigenvalue weighted by atomic mass is 32.2. The summed E-state index contributed by atoms with van der Waals surface area (Å²) in [6, 6.07) is 20.3. The lowest BCUT2D eigenvalue weighted by molar-refractivity contribution is -0.122. The average molecular weight is 502 g/mol. The quantitative estimate of drug-likeness (QED) is 0.205. The molecule has 5 rings (SSSR count). The van der Waals surface area contributed by atoms with Crippen molar-refractivity contribution >= 4 is 46.3 Å². The van der Waals surface area contributed by atoms with Gasteiger partial charge in [-0.25, -0.2) is 9.78 Å². The number of H-pyrrole nitrogens is 1. The molecular formula is C26H19N3O4S2. The molecule has 1 aliphatic heterocycles. The predicted octanol–water partition coefficient (Wildman–Crippen LogP) is 5.43. The Hall–Kier alpha value is -3.95. The maximum absolute atomic E-state index is 12.9. The second kappa shape index (κ2) is 10.1. The maximum Gasteiger partial charge on any atom is 0.338 e. The number of carbonyl (C=O) groups is 2. The molecule has 174 valence electrons. The Kier molecular flexibility index (Phi) is 6.60. The number of imidazole rings is 1. The van der Waals surface area contributed by atoms with Crippen LogP contribution in [0.4, 0.5) is 0 Å². The molecule has 9 heteroatoms. The zero-order valence-electron chi connectivity index (χ0n) is 18.3. The zero-order valence-corrected chi connectivity index (χ0v) is 20.0. The predicted molar refractivity (Wildman–Crippen MR) is 137 cm³/mol. The van der Waals surface area contributed by atoms with E-state index in [9.17, 15) is 9.59 Å². The molecule has 2 aromatic heterocycles. The molecule has 0 unspecified atom stereocenters. The number of furan rings is 1. The van der Waals surface area contributed by atoms with E-state index in [1.54, 1.807) is 47.5 Å².